The van der Waals surface area contributed by atoms with Gasteiger partial charge in [-0.15, -0.1) is 0 Å². The number of sulfonamides is 1. The highest BCUT2D eigenvalue weighted by atomic mass is 32.2. The fourth-order valence-corrected chi connectivity index (χ4v) is 9.89. The topological polar surface area (TPSA) is 172 Å². The first kappa shape index (κ1) is 42.5. The first-order chi connectivity index (χ1) is 27.9. The molecule has 4 aliphatic rings. The number of aliphatic hydroxyl groups is 1. The Kier molecular flexibility index (Phi) is 12.4. The lowest BCUT2D eigenvalue weighted by molar-refractivity contribution is -0.138. The molecule has 1 aliphatic carbocycles. The Morgan fingerprint density at radius 2 is 1.73 bits per heavy atom. The number of hydrogen-bond acceptors (Lipinski definition) is 12. The Hall–Kier alpha value is -4.59. The predicted octanol–water partition coefficient (Wildman–Crippen LogP) is 4.91. The van der Waals surface area contributed by atoms with Crippen LogP contribution in [-0.2, 0) is 25.8 Å². The number of aryl methyl sites for hydroxylation is 1. The lowest BCUT2D eigenvalue weighted by Crippen LogP contribution is -2.49. The number of imide groups is 1. The largest absolute Gasteiger partial charge is 0.421 e. The Morgan fingerprint density at radius 1 is 0.983 bits per heavy atom. The van der Waals surface area contributed by atoms with E-state index in [9.17, 15) is 40.7 Å². The van der Waals surface area contributed by atoms with Crippen LogP contribution < -0.4 is 30.5 Å². The van der Waals surface area contributed by atoms with Gasteiger partial charge in [0.25, 0.3) is 0 Å². The molecule has 0 radical (unpaired) electrons. The third-order valence-corrected chi connectivity index (χ3v) is 13.2. The zero-order valence-corrected chi connectivity index (χ0v) is 33.9. The van der Waals surface area contributed by atoms with E-state index in [2.05, 4.69) is 35.5 Å². The quantitative estimate of drug-likeness (QED) is 0.131. The number of benzene rings is 2. The minimum atomic E-state index is -4.70. The van der Waals surface area contributed by atoms with Gasteiger partial charge in [-0.1, -0.05) is 0 Å². The number of alkyl halides is 3. The Bertz CT molecular complexity index is 2140. The van der Waals surface area contributed by atoms with Gasteiger partial charge in [0.1, 0.15) is 23.2 Å². The number of carbonyl (C=O) groups excluding carboxylic acids is 2. The van der Waals surface area contributed by atoms with Crippen molar-refractivity contribution in [1.29, 1.82) is 0 Å². The maximum Gasteiger partial charge on any atom is 0.421 e. The van der Waals surface area contributed by atoms with E-state index in [1.807, 2.05) is 4.90 Å². The molecule has 4 heterocycles. The normalized spacial score (nSPS) is 24.8. The smallest absolute Gasteiger partial charge is 0.388 e. The van der Waals surface area contributed by atoms with Gasteiger partial charge in [0, 0.05) is 75.8 Å². The molecule has 19 heteroatoms. The van der Waals surface area contributed by atoms with E-state index in [0.717, 1.165) is 38.7 Å². The summed E-state index contributed by atoms with van der Waals surface area (Å²) in [6.07, 6.45) is 0.659. The molecule has 4 fully saturated rings. The summed E-state index contributed by atoms with van der Waals surface area (Å²) >= 11 is 0. The predicted molar refractivity (Wildman–Crippen MR) is 214 cm³/mol. The Labute approximate surface area is 341 Å². The van der Waals surface area contributed by atoms with Crippen molar-refractivity contribution in [1.82, 2.24) is 24.9 Å². The summed E-state index contributed by atoms with van der Waals surface area (Å²) in [7, 11) is -3.87. The molecule has 1 aromatic heterocycles. The first-order valence-corrected chi connectivity index (χ1v) is 21.6. The number of halogens is 4. The highest BCUT2D eigenvalue weighted by Gasteiger charge is 2.39. The Morgan fingerprint density at radius 3 is 2.41 bits per heavy atom. The summed E-state index contributed by atoms with van der Waals surface area (Å²) in [5, 5.41) is 18.9. The monoisotopic (exact) mass is 845 g/mol. The van der Waals surface area contributed by atoms with Gasteiger partial charge >= 0.3 is 6.18 Å². The van der Waals surface area contributed by atoms with E-state index in [4.69, 9.17) is 0 Å². The van der Waals surface area contributed by atoms with Crippen molar-refractivity contribution in [3.05, 3.63) is 59.5 Å². The third-order valence-electron chi connectivity index (χ3n) is 11.7. The van der Waals surface area contributed by atoms with Crippen LogP contribution >= 0.6 is 0 Å². The molecule has 7 rings (SSSR count). The number of rotatable bonds is 11. The molecule has 5 N–H and O–H groups in total. The van der Waals surface area contributed by atoms with E-state index >= 15 is 0 Å². The second-order valence-electron chi connectivity index (χ2n) is 16.5. The number of β-amino-alcohol motifs (C(OH)–C–C–N with tert-alkyl or cyclic N) is 1. The van der Waals surface area contributed by atoms with Crippen molar-refractivity contribution in [2.75, 3.05) is 66.2 Å². The van der Waals surface area contributed by atoms with Crippen molar-refractivity contribution >= 4 is 50.7 Å². The van der Waals surface area contributed by atoms with Gasteiger partial charge in [-0.2, -0.15) is 18.2 Å². The van der Waals surface area contributed by atoms with Crippen molar-refractivity contribution in [3.8, 4) is 0 Å². The summed E-state index contributed by atoms with van der Waals surface area (Å²) in [5.74, 6) is -1.05. The number of hydrogen-bond donors (Lipinski definition) is 5. The van der Waals surface area contributed by atoms with Crippen molar-refractivity contribution in [3.63, 3.8) is 0 Å². The lowest BCUT2D eigenvalue weighted by Gasteiger charge is -2.39. The number of nitrogens with zero attached hydrogens (tertiary/aromatic N) is 5. The summed E-state index contributed by atoms with van der Waals surface area (Å²) in [4.78, 5) is 37.7. The highest BCUT2D eigenvalue weighted by molar-refractivity contribution is 7.89. The van der Waals surface area contributed by atoms with E-state index in [1.165, 1.54) is 29.2 Å². The fraction of sp³-hybridized carbons (Fsp3) is 0.550. The average Bonchev–Trinajstić information content (AvgIpc) is 3.17. The van der Waals surface area contributed by atoms with Crippen LogP contribution in [0.5, 0.6) is 0 Å². The number of anilines is 5. The lowest BCUT2D eigenvalue weighted by atomic mass is 9.86. The van der Waals surface area contributed by atoms with Gasteiger partial charge < -0.3 is 25.5 Å². The number of piperazine rings is 1. The fourth-order valence-electron chi connectivity index (χ4n) is 8.50. The van der Waals surface area contributed by atoms with Crippen LogP contribution in [0.15, 0.2) is 47.5 Å². The Balaban J connectivity index is 0.892. The molecule has 0 bridgehead atoms. The summed E-state index contributed by atoms with van der Waals surface area (Å²) in [5.41, 5.74) is -0.130. The molecule has 14 nitrogen and oxygen atoms in total. The maximum atomic E-state index is 14.9. The minimum Gasteiger partial charge on any atom is -0.388 e. The molecule has 3 aliphatic heterocycles. The van der Waals surface area contributed by atoms with E-state index in [0.29, 0.717) is 80.3 Å². The van der Waals surface area contributed by atoms with Crippen molar-refractivity contribution < 1.29 is 40.7 Å². The van der Waals surface area contributed by atoms with E-state index < -0.39 is 33.4 Å². The van der Waals surface area contributed by atoms with Crippen LogP contribution in [0.25, 0.3) is 0 Å². The molecule has 0 spiro atoms. The molecular formula is C40H51F4N9O5S. The van der Waals surface area contributed by atoms with Crippen LogP contribution in [0.1, 0.15) is 69.4 Å². The van der Waals surface area contributed by atoms with Crippen LogP contribution in [-0.4, -0.2) is 104 Å². The highest BCUT2D eigenvalue weighted by Crippen LogP contribution is 2.38. The second kappa shape index (κ2) is 17.2. The summed E-state index contributed by atoms with van der Waals surface area (Å²) in [6.45, 7) is 7.16. The molecule has 2 amide bonds. The zero-order valence-electron chi connectivity index (χ0n) is 33.1. The number of piperidine rings is 2. The number of carbonyl (C=O) groups is 2. The van der Waals surface area contributed by atoms with E-state index in [-0.39, 0.29) is 53.3 Å². The summed E-state index contributed by atoms with van der Waals surface area (Å²) < 4.78 is 86.5. The van der Waals surface area contributed by atoms with Gasteiger partial charge in [0.15, 0.2) is 0 Å². The zero-order chi connectivity index (χ0) is 42.1. The molecule has 1 saturated carbocycles. The second-order valence-corrected chi connectivity index (χ2v) is 18.2. The summed E-state index contributed by atoms with van der Waals surface area (Å²) in [6, 6.07) is 8.37. The number of nitrogens with one attached hydrogen (secondary N) is 4. The van der Waals surface area contributed by atoms with Gasteiger partial charge in [0.2, 0.25) is 27.8 Å². The standard InChI is InChI=1S/C40H51F4N9O5S/c1-25-20-29(9-11-32(25)47-38-45-22-30(40(42,43)44)36(49-38)53-15-3-14-39(2,56)24-53)59(57,58)50-27-6-4-26(5-7-27)23-51-16-18-52(19-17-51)34-21-28(8-10-31(34)41)46-33-12-13-35(54)48-37(33)55/h8-11,20-22,26-27,33,46,50,56H,3-7,12-19,23-24H2,1-2H3,(H,45,47,49)(H,48,54,55)/t26?,27?,33-,39+/m1/s1. The van der Waals surface area contributed by atoms with Crippen LogP contribution in [0.4, 0.5) is 46.4 Å². The maximum absolute atomic E-state index is 14.9. The average molecular weight is 846 g/mol. The van der Waals surface area contributed by atoms with Gasteiger partial charge in [0.05, 0.1) is 16.2 Å². The molecular weight excluding hydrogens is 795 g/mol. The first-order valence-electron chi connectivity index (χ1n) is 20.1. The molecule has 0 unspecified atom stereocenters. The molecule has 59 heavy (non-hydrogen) atoms. The van der Waals surface area contributed by atoms with Gasteiger partial charge in [-0.25, -0.2) is 22.5 Å². The van der Waals surface area contributed by atoms with Gasteiger partial charge in [-0.05, 0) is 107 Å². The minimum absolute atomic E-state index is 0.0131. The van der Waals surface area contributed by atoms with Crippen molar-refractivity contribution in [2.45, 2.75) is 94.0 Å². The molecule has 3 saturated heterocycles. The van der Waals surface area contributed by atoms with Gasteiger partial charge in [-0.3, -0.25) is 19.8 Å². The third kappa shape index (κ3) is 10.4. The SMILES string of the molecule is Cc1cc(S(=O)(=O)NC2CCC(CN3CCN(c4cc(N[C@@H]5CCC(=O)NC5=O)ccc4F)CC3)CC2)ccc1Nc1ncc(C(F)(F)F)c(N2CCC[C@](C)(O)C2)n1. The molecule has 2 aromatic carbocycles. The number of amides is 2. The molecule has 3 aromatic rings. The van der Waals surface area contributed by atoms with Crippen molar-refractivity contribution in [2.24, 2.45) is 5.92 Å². The van der Waals surface area contributed by atoms with Crippen LogP contribution in [0, 0.1) is 18.7 Å². The van der Waals surface area contributed by atoms with E-state index in [1.54, 1.807) is 26.0 Å². The van der Waals surface area contributed by atoms with Crippen LogP contribution in [0.2, 0.25) is 0 Å². The molecule has 2 atom stereocenters. The van der Waals surface area contributed by atoms with Crippen LogP contribution in [0.3, 0.4) is 0 Å². The number of aromatic nitrogens is 2. The molecule has 320 valence electrons.